The third-order valence-corrected chi connectivity index (χ3v) is 5.29. The second-order valence-corrected chi connectivity index (χ2v) is 7.13. The van der Waals surface area contributed by atoms with E-state index in [1.165, 1.54) is 6.33 Å². The highest BCUT2D eigenvalue weighted by Gasteiger charge is 2.27. The second kappa shape index (κ2) is 8.07. The number of carbonyl (C=O) groups is 1. The Bertz CT molecular complexity index is 1320. The number of fused-ring (bicyclic) bond motifs is 2. The van der Waals surface area contributed by atoms with E-state index in [4.69, 9.17) is 14.2 Å². The van der Waals surface area contributed by atoms with Crippen LogP contribution in [0, 0.1) is 0 Å². The summed E-state index contributed by atoms with van der Waals surface area (Å²) in [6.07, 6.45) is 1.48. The Kier molecular flexibility index (Phi) is 4.95. The van der Waals surface area contributed by atoms with Crippen LogP contribution in [-0.2, 0) is 6.54 Å². The summed E-state index contributed by atoms with van der Waals surface area (Å²) in [7, 11) is 3.16. The van der Waals surface area contributed by atoms with Crippen LogP contribution in [0.25, 0.3) is 10.9 Å². The van der Waals surface area contributed by atoms with Gasteiger partial charge in [0.15, 0.2) is 11.5 Å². The summed E-state index contributed by atoms with van der Waals surface area (Å²) < 4.78 is 16.8. The highest BCUT2D eigenvalue weighted by molar-refractivity contribution is 6.03. The SMILES string of the molecule is COc1cc2ncnc(Nc3ccc(Oc4ccccc4)c4c3CNC4=O)c2cc1OC. The number of hydrogen-bond acceptors (Lipinski definition) is 7. The van der Waals surface area contributed by atoms with Gasteiger partial charge in [0.1, 0.15) is 23.6 Å². The lowest BCUT2D eigenvalue weighted by atomic mass is 10.1. The summed E-state index contributed by atoms with van der Waals surface area (Å²) in [6.45, 7) is 0.392. The topological polar surface area (TPSA) is 94.6 Å². The number of aromatic nitrogens is 2. The molecule has 1 amide bonds. The lowest BCUT2D eigenvalue weighted by molar-refractivity contribution is 0.0964. The predicted octanol–water partition coefficient (Wildman–Crippen LogP) is 4.43. The van der Waals surface area contributed by atoms with Crippen LogP contribution in [0.2, 0.25) is 0 Å². The van der Waals surface area contributed by atoms with Gasteiger partial charge in [0, 0.05) is 29.2 Å². The van der Waals surface area contributed by atoms with Crippen LogP contribution in [0.15, 0.2) is 60.9 Å². The van der Waals surface area contributed by atoms with E-state index in [0.717, 1.165) is 16.6 Å². The monoisotopic (exact) mass is 428 g/mol. The molecular formula is C24H20N4O4. The summed E-state index contributed by atoms with van der Waals surface area (Å²) in [4.78, 5) is 21.3. The van der Waals surface area contributed by atoms with Gasteiger partial charge >= 0.3 is 0 Å². The summed E-state index contributed by atoms with van der Waals surface area (Å²) in [5.74, 6) is 2.75. The first kappa shape index (κ1) is 19.6. The molecule has 160 valence electrons. The van der Waals surface area contributed by atoms with Crippen molar-refractivity contribution in [1.82, 2.24) is 15.3 Å². The summed E-state index contributed by atoms with van der Waals surface area (Å²) in [5.41, 5.74) is 2.79. The quantitative estimate of drug-likeness (QED) is 0.469. The number of rotatable bonds is 6. The van der Waals surface area contributed by atoms with Crippen LogP contribution < -0.4 is 24.8 Å². The average Bonchev–Trinajstić information content (AvgIpc) is 3.22. The van der Waals surface area contributed by atoms with Gasteiger partial charge in [-0.3, -0.25) is 4.79 Å². The van der Waals surface area contributed by atoms with E-state index in [1.807, 2.05) is 42.5 Å². The Balaban J connectivity index is 1.55. The molecule has 0 saturated heterocycles. The Morgan fingerprint density at radius 1 is 0.938 bits per heavy atom. The number of nitrogens with zero attached hydrogens (tertiary/aromatic N) is 2. The van der Waals surface area contributed by atoms with Crippen LogP contribution in [0.4, 0.5) is 11.5 Å². The van der Waals surface area contributed by atoms with Crippen molar-refractivity contribution in [2.45, 2.75) is 6.54 Å². The molecule has 0 unspecified atom stereocenters. The van der Waals surface area contributed by atoms with Gasteiger partial charge in [-0.15, -0.1) is 0 Å². The van der Waals surface area contributed by atoms with Gasteiger partial charge in [-0.05, 0) is 30.3 Å². The highest BCUT2D eigenvalue weighted by Crippen LogP contribution is 2.38. The standard InChI is InChI=1S/C24H20N4O4/c1-30-20-10-15-18(11-21(20)31-2)26-13-27-23(15)28-17-8-9-19(22-16(17)12-25-24(22)29)32-14-6-4-3-5-7-14/h3-11,13H,12H2,1-2H3,(H,25,29)(H,26,27,28). The Labute approximate surface area is 184 Å². The first-order valence-electron chi connectivity index (χ1n) is 9.98. The molecule has 0 radical (unpaired) electrons. The number of carbonyl (C=O) groups excluding carboxylic acids is 1. The number of para-hydroxylation sites is 1. The van der Waals surface area contributed by atoms with E-state index in [-0.39, 0.29) is 5.91 Å². The summed E-state index contributed by atoms with van der Waals surface area (Å²) in [6, 6.07) is 16.7. The van der Waals surface area contributed by atoms with Gasteiger partial charge in [-0.25, -0.2) is 9.97 Å². The van der Waals surface area contributed by atoms with Crippen molar-refractivity contribution in [3.8, 4) is 23.0 Å². The lowest BCUT2D eigenvalue weighted by Crippen LogP contribution is -2.13. The Hall–Kier alpha value is -4.33. The van der Waals surface area contributed by atoms with Crippen LogP contribution in [0.3, 0.4) is 0 Å². The van der Waals surface area contributed by atoms with Crippen molar-refractivity contribution in [2.24, 2.45) is 0 Å². The minimum Gasteiger partial charge on any atom is -0.493 e. The van der Waals surface area contributed by atoms with E-state index in [9.17, 15) is 4.79 Å². The minimum absolute atomic E-state index is 0.173. The third kappa shape index (κ3) is 3.41. The largest absolute Gasteiger partial charge is 0.493 e. The normalized spacial score (nSPS) is 12.2. The number of benzene rings is 3. The van der Waals surface area contributed by atoms with Crippen LogP contribution in [-0.4, -0.2) is 30.1 Å². The van der Waals surface area contributed by atoms with E-state index in [2.05, 4.69) is 20.6 Å². The second-order valence-electron chi connectivity index (χ2n) is 7.13. The van der Waals surface area contributed by atoms with E-state index in [1.54, 1.807) is 26.4 Å². The molecule has 3 aromatic carbocycles. The molecule has 32 heavy (non-hydrogen) atoms. The lowest BCUT2D eigenvalue weighted by Gasteiger charge is -2.15. The average molecular weight is 428 g/mol. The fraction of sp³-hybridized carbons (Fsp3) is 0.125. The van der Waals surface area contributed by atoms with Gasteiger partial charge in [0.05, 0.1) is 25.3 Å². The zero-order valence-electron chi connectivity index (χ0n) is 17.5. The highest BCUT2D eigenvalue weighted by atomic mass is 16.5. The summed E-state index contributed by atoms with van der Waals surface area (Å²) in [5, 5.41) is 7.00. The molecule has 2 heterocycles. The van der Waals surface area contributed by atoms with Crippen LogP contribution >= 0.6 is 0 Å². The van der Waals surface area contributed by atoms with Crippen molar-refractivity contribution in [1.29, 1.82) is 0 Å². The maximum absolute atomic E-state index is 12.6. The molecule has 1 aromatic heterocycles. The number of methoxy groups -OCH3 is 2. The fourth-order valence-electron chi connectivity index (χ4n) is 3.74. The Morgan fingerprint density at radius 2 is 1.72 bits per heavy atom. The number of nitrogens with one attached hydrogen (secondary N) is 2. The van der Waals surface area contributed by atoms with E-state index >= 15 is 0 Å². The van der Waals surface area contributed by atoms with Gasteiger partial charge in [-0.2, -0.15) is 0 Å². The number of hydrogen-bond donors (Lipinski definition) is 2. The zero-order chi connectivity index (χ0) is 22.1. The van der Waals surface area contributed by atoms with E-state index < -0.39 is 0 Å². The molecule has 2 N–H and O–H groups in total. The van der Waals surface area contributed by atoms with E-state index in [0.29, 0.717) is 46.4 Å². The molecule has 0 bridgehead atoms. The van der Waals surface area contributed by atoms with Crippen LogP contribution in [0.1, 0.15) is 15.9 Å². The Morgan fingerprint density at radius 3 is 2.50 bits per heavy atom. The third-order valence-electron chi connectivity index (χ3n) is 5.29. The molecule has 1 aliphatic heterocycles. The fourth-order valence-corrected chi connectivity index (χ4v) is 3.74. The smallest absolute Gasteiger partial charge is 0.255 e. The molecule has 0 aliphatic carbocycles. The molecule has 0 atom stereocenters. The van der Waals surface area contributed by atoms with Gasteiger partial charge < -0.3 is 24.8 Å². The molecule has 5 rings (SSSR count). The molecule has 4 aromatic rings. The summed E-state index contributed by atoms with van der Waals surface area (Å²) >= 11 is 0. The predicted molar refractivity (Wildman–Crippen MR) is 120 cm³/mol. The van der Waals surface area contributed by atoms with Crippen molar-refractivity contribution in [3.63, 3.8) is 0 Å². The maximum atomic E-state index is 12.6. The molecule has 1 aliphatic rings. The first-order chi connectivity index (χ1) is 15.7. The zero-order valence-corrected chi connectivity index (χ0v) is 17.5. The molecule has 0 fully saturated rings. The minimum atomic E-state index is -0.173. The molecule has 0 spiro atoms. The maximum Gasteiger partial charge on any atom is 0.255 e. The van der Waals surface area contributed by atoms with Crippen LogP contribution in [0.5, 0.6) is 23.0 Å². The molecule has 0 saturated carbocycles. The molecule has 8 nitrogen and oxygen atoms in total. The van der Waals surface area contributed by atoms with Gasteiger partial charge in [-0.1, -0.05) is 18.2 Å². The number of ether oxygens (including phenoxy) is 3. The van der Waals surface area contributed by atoms with Crippen molar-refractivity contribution >= 4 is 28.3 Å². The number of amides is 1. The van der Waals surface area contributed by atoms with Gasteiger partial charge in [0.25, 0.3) is 5.91 Å². The first-order valence-corrected chi connectivity index (χ1v) is 9.98. The molecule has 8 heteroatoms. The van der Waals surface area contributed by atoms with Gasteiger partial charge in [0.2, 0.25) is 0 Å². The van der Waals surface area contributed by atoms with Crippen molar-refractivity contribution < 1.29 is 19.0 Å². The molecular weight excluding hydrogens is 408 g/mol. The number of anilines is 2. The van der Waals surface area contributed by atoms with Crippen molar-refractivity contribution in [3.05, 3.63) is 72.1 Å². The van der Waals surface area contributed by atoms with Crippen molar-refractivity contribution in [2.75, 3.05) is 19.5 Å².